The van der Waals surface area contributed by atoms with Gasteiger partial charge in [0, 0.05) is 19.3 Å². The molecule has 0 fully saturated rings. The van der Waals surface area contributed by atoms with Crippen molar-refractivity contribution >= 4 is 0 Å². The van der Waals surface area contributed by atoms with E-state index in [0.717, 1.165) is 12.2 Å². The molecular weight excluding hydrogens is 88.1 g/mol. The lowest BCUT2D eigenvalue weighted by Gasteiger charge is -1.99. The van der Waals surface area contributed by atoms with Crippen molar-refractivity contribution in [3.8, 4) is 0 Å². The predicted octanol–water partition coefficient (Wildman–Crippen LogP) is -0.0611. The highest BCUT2D eigenvalue weighted by atomic mass is 14.9. The lowest BCUT2D eigenvalue weighted by atomic mass is 10.5. The van der Waals surface area contributed by atoms with Crippen molar-refractivity contribution in [2.75, 3.05) is 20.6 Å². The second kappa shape index (κ2) is 3.68. The molecule has 0 aliphatic carbocycles. The van der Waals surface area contributed by atoms with Crippen molar-refractivity contribution in [3.05, 3.63) is 12.3 Å². The Bertz CT molecular complexity index is 59.1. The number of nitrogens with one attached hydrogen (secondary N) is 2. The van der Waals surface area contributed by atoms with Gasteiger partial charge in [0.2, 0.25) is 0 Å². The first-order valence-corrected chi connectivity index (χ1v) is 2.31. The van der Waals surface area contributed by atoms with E-state index in [0.29, 0.717) is 0 Å². The third kappa shape index (κ3) is 3.33. The zero-order chi connectivity index (χ0) is 5.70. The van der Waals surface area contributed by atoms with E-state index in [1.54, 1.807) is 0 Å². The SMILES string of the molecule is C=C(CNC)NC. The first-order chi connectivity index (χ1) is 3.31. The van der Waals surface area contributed by atoms with Crippen LogP contribution in [0.25, 0.3) is 0 Å². The van der Waals surface area contributed by atoms with Gasteiger partial charge in [-0.2, -0.15) is 0 Å². The van der Waals surface area contributed by atoms with Crippen molar-refractivity contribution in [2.24, 2.45) is 0 Å². The van der Waals surface area contributed by atoms with Crippen LogP contribution in [0.2, 0.25) is 0 Å². The summed E-state index contributed by atoms with van der Waals surface area (Å²) in [5.41, 5.74) is 1.02. The van der Waals surface area contributed by atoms with Crippen LogP contribution >= 0.6 is 0 Å². The molecule has 0 aliphatic heterocycles. The summed E-state index contributed by atoms with van der Waals surface area (Å²) in [7, 11) is 3.75. The number of likely N-dealkylation sites (N-methyl/N-ethyl adjacent to an activating group) is 2. The molecule has 0 spiro atoms. The maximum Gasteiger partial charge on any atom is 0.0345 e. The molecule has 0 amide bonds. The minimum Gasteiger partial charge on any atom is -0.391 e. The topological polar surface area (TPSA) is 24.1 Å². The number of hydrogen-bond donors (Lipinski definition) is 2. The Morgan fingerprint density at radius 1 is 1.57 bits per heavy atom. The molecule has 0 radical (unpaired) electrons. The molecule has 2 heteroatoms. The van der Waals surface area contributed by atoms with Gasteiger partial charge < -0.3 is 10.6 Å². The molecule has 0 aromatic heterocycles. The van der Waals surface area contributed by atoms with Crippen molar-refractivity contribution in [1.82, 2.24) is 10.6 Å². The fourth-order valence-electron chi connectivity index (χ4n) is 0.302. The summed E-state index contributed by atoms with van der Waals surface area (Å²) in [6.45, 7) is 4.53. The largest absolute Gasteiger partial charge is 0.391 e. The van der Waals surface area contributed by atoms with Crippen molar-refractivity contribution in [3.63, 3.8) is 0 Å². The van der Waals surface area contributed by atoms with Gasteiger partial charge in [-0.15, -0.1) is 0 Å². The highest BCUT2D eigenvalue weighted by Gasteiger charge is 1.80. The summed E-state index contributed by atoms with van der Waals surface area (Å²) in [5.74, 6) is 0. The summed E-state index contributed by atoms with van der Waals surface area (Å²) < 4.78 is 0. The second-order valence-corrected chi connectivity index (χ2v) is 1.38. The van der Waals surface area contributed by atoms with E-state index >= 15 is 0 Å². The van der Waals surface area contributed by atoms with Gasteiger partial charge in [-0.1, -0.05) is 6.58 Å². The van der Waals surface area contributed by atoms with Gasteiger partial charge in [-0.3, -0.25) is 0 Å². The summed E-state index contributed by atoms with van der Waals surface area (Å²) in [5, 5.41) is 5.87. The first-order valence-electron chi connectivity index (χ1n) is 2.31. The van der Waals surface area contributed by atoms with Crippen LogP contribution in [-0.4, -0.2) is 20.6 Å². The zero-order valence-corrected chi connectivity index (χ0v) is 4.91. The van der Waals surface area contributed by atoms with E-state index < -0.39 is 0 Å². The zero-order valence-electron chi connectivity index (χ0n) is 4.91. The van der Waals surface area contributed by atoms with Gasteiger partial charge in [-0.25, -0.2) is 0 Å². The number of rotatable bonds is 3. The van der Waals surface area contributed by atoms with Gasteiger partial charge in [-0.05, 0) is 7.05 Å². The summed E-state index contributed by atoms with van der Waals surface area (Å²) >= 11 is 0. The Hall–Kier alpha value is -0.500. The Balaban J connectivity index is 3.00. The van der Waals surface area contributed by atoms with Gasteiger partial charge in [0.15, 0.2) is 0 Å². The molecule has 0 saturated carbocycles. The normalized spacial score (nSPS) is 8.29. The molecule has 7 heavy (non-hydrogen) atoms. The van der Waals surface area contributed by atoms with Gasteiger partial charge in [0.1, 0.15) is 0 Å². The van der Waals surface area contributed by atoms with Gasteiger partial charge in [0.25, 0.3) is 0 Å². The minimum absolute atomic E-state index is 0.844. The maximum atomic E-state index is 3.69. The van der Waals surface area contributed by atoms with Gasteiger partial charge in [0.05, 0.1) is 0 Å². The van der Waals surface area contributed by atoms with Crippen LogP contribution in [0.4, 0.5) is 0 Å². The van der Waals surface area contributed by atoms with E-state index in [1.165, 1.54) is 0 Å². The van der Waals surface area contributed by atoms with E-state index in [-0.39, 0.29) is 0 Å². The molecule has 0 saturated heterocycles. The Morgan fingerprint density at radius 2 is 2.14 bits per heavy atom. The molecule has 0 unspecified atom stereocenters. The van der Waals surface area contributed by atoms with Crippen LogP contribution in [0.1, 0.15) is 0 Å². The fraction of sp³-hybridized carbons (Fsp3) is 0.600. The maximum absolute atomic E-state index is 3.69. The third-order valence-corrected chi connectivity index (χ3v) is 0.744. The third-order valence-electron chi connectivity index (χ3n) is 0.744. The fourth-order valence-corrected chi connectivity index (χ4v) is 0.302. The molecule has 0 aliphatic rings. The van der Waals surface area contributed by atoms with Crippen molar-refractivity contribution in [2.45, 2.75) is 0 Å². The molecule has 0 aromatic rings. The van der Waals surface area contributed by atoms with Crippen LogP contribution < -0.4 is 10.6 Å². The molecule has 0 atom stereocenters. The molecule has 0 rings (SSSR count). The smallest absolute Gasteiger partial charge is 0.0345 e. The second-order valence-electron chi connectivity index (χ2n) is 1.38. The van der Waals surface area contributed by atoms with Crippen LogP contribution in [0.15, 0.2) is 12.3 Å². The standard InChI is InChI=1S/C5H12N2/c1-5(7-3)4-6-2/h6-7H,1,4H2,2-3H3. The van der Waals surface area contributed by atoms with E-state index in [4.69, 9.17) is 0 Å². The lowest BCUT2D eigenvalue weighted by molar-refractivity contribution is 0.815. The Kier molecular flexibility index (Phi) is 3.42. The highest BCUT2D eigenvalue weighted by molar-refractivity contribution is 4.90. The van der Waals surface area contributed by atoms with Crippen LogP contribution in [-0.2, 0) is 0 Å². The van der Waals surface area contributed by atoms with E-state index in [1.807, 2.05) is 14.1 Å². The monoisotopic (exact) mass is 100 g/mol. The summed E-state index contributed by atoms with van der Waals surface area (Å²) in [6, 6.07) is 0. The quantitative estimate of drug-likeness (QED) is 0.519. The average molecular weight is 100 g/mol. The average Bonchev–Trinajstić information content (AvgIpc) is 1.68. The predicted molar refractivity (Wildman–Crippen MR) is 32.1 cm³/mol. The minimum atomic E-state index is 0.844. The van der Waals surface area contributed by atoms with Crippen LogP contribution in [0.5, 0.6) is 0 Å². The summed E-state index contributed by atoms with van der Waals surface area (Å²) in [6.07, 6.45) is 0. The van der Waals surface area contributed by atoms with Crippen molar-refractivity contribution < 1.29 is 0 Å². The molecule has 2 nitrogen and oxygen atoms in total. The Morgan fingerprint density at radius 3 is 2.29 bits per heavy atom. The van der Waals surface area contributed by atoms with Crippen LogP contribution in [0.3, 0.4) is 0 Å². The molecule has 0 heterocycles. The molecule has 2 N–H and O–H groups in total. The first kappa shape index (κ1) is 6.50. The summed E-state index contributed by atoms with van der Waals surface area (Å²) in [4.78, 5) is 0. The van der Waals surface area contributed by atoms with Crippen molar-refractivity contribution in [1.29, 1.82) is 0 Å². The van der Waals surface area contributed by atoms with E-state index in [2.05, 4.69) is 17.2 Å². The molecule has 0 bridgehead atoms. The number of hydrogen-bond acceptors (Lipinski definition) is 2. The van der Waals surface area contributed by atoms with Crippen LogP contribution in [0, 0.1) is 0 Å². The van der Waals surface area contributed by atoms with Gasteiger partial charge >= 0.3 is 0 Å². The molecule has 42 valence electrons. The molecular formula is C5H12N2. The molecule has 0 aromatic carbocycles. The Labute approximate surface area is 44.6 Å². The highest BCUT2D eigenvalue weighted by Crippen LogP contribution is 1.72. The van der Waals surface area contributed by atoms with E-state index in [9.17, 15) is 0 Å². The lowest BCUT2D eigenvalue weighted by Crippen LogP contribution is -2.18.